The normalized spacial score (nSPS) is 15.4. The van der Waals surface area contributed by atoms with Crippen LogP contribution >= 0.6 is 11.6 Å². The van der Waals surface area contributed by atoms with Crippen LogP contribution in [0.25, 0.3) is 0 Å². The van der Waals surface area contributed by atoms with E-state index in [9.17, 15) is 4.39 Å². The van der Waals surface area contributed by atoms with Crippen LogP contribution in [-0.2, 0) is 4.84 Å². The van der Waals surface area contributed by atoms with Crippen LogP contribution in [0.15, 0.2) is 23.4 Å². The van der Waals surface area contributed by atoms with E-state index in [1.54, 1.807) is 6.07 Å². The van der Waals surface area contributed by atoms with Crippen molar-refractivity contribution in [1.82, 2.24) is 5.01 Å². The summed E-state index contributed by atoms with van der Waals surface area (Å²) < 4.78 is 13.1. The Kier molecular flexibility index (Phi) is 2.26. The lowest BCUT2D eigenvalue weighted by atomic mass is 10.2. The Hall–Kier alpha value is -1.33. The van der Waals surface area contributed by atoms with Crippen LogP contribution in [0.4, 0.5) is 4.39 Å². The third-order valence-electron chi connectivity index (χ3n) is 1.80. The van der Waals surface area contributed by atoms with Crippen molar-refractivity contribution < 1.29 is 9.23 Å². The number of halogens is 2. The molecule has 1 aliphatic heterocycles. The molecule has 14 heavy (non-hydrogen) atoms. The highest BCUT2D eigenvalue weighted by Gasteiger charge is 2.18. The van der Waals surface area contributed by atoms with Gasteiger partial charge in [0.25, 0.3) is 0 Å². The third-order valence-corrected chi connectivity index (χ3v) is 2.10. The van der Waals surface area contributed by atoms with E-state index in [1.807, 2.05) is 0 Å². The molecule has 1 heterocycles. The zero-order valence-corrected chi connectivity index (χ0v) is 7.83. The molecule has 4 nitrogen and oxygen atoms in total. The van der Waals surface area contributed by atoms with Crippen LogP contribution in [0.2, 0.25) is 5.02 Å². The Morgan fingerprint density at radius 1 is 1.57 bits per heavy atom. The summed E-state index contributed by atoms with van der Waals surface area (Å²) in [6.07, 6.45) is 0. The number of nitrogens with two attached hydrogens (primary N) is 1. The largest absolute Gasteiger partial charge is 0.370 e. The number of hydrogen-bond donors (Lipinski definition) is 1. The first-order chi connectivity index (χ1) is 6.68. The van der Waals surface area contributed by atoms with E-state index in [-0.39, 0.29) is 11.8 Å². The Bertz CT molecular complexity index is 396. The quantitative estimate of drug-likeness (QED) is 0.719. The fraction of sp³-hybridized carbons (Fsp3) is 0.125. The van der Waals surface area contributed by atoms with Gasteiger partial charge in [0.2, 0.25) is 6.73 Å². The molecule has 2 N–H and O–H groups in total. The molecule has 2 rings (SSSR count). The van der Waals surface area contributed by atoms with E-state index in [2.05, 4.69) is 5.16 Å². The predicted octanol–water partition coefficient (Wildman–Crippen LogP) is 1.30. The number of benzene rings is 1. The second-order valence-electron chi connectivity index (χ2n) is 2.77. The monoisotopic (exact) mass is 215 g/mol. The van der Waals surface area contributed by atoms with Gasteiger partial charge in [0, 0.05) is 5.56 Å². The SMILES string of the molecule is NN1CON=C1c1ccc(Cl)c(F)c1. The number of amidine groups is 1. The van der Waals surface area contributed by atoms with Gasteiger partial charge in [-0.15, -0.1) is 0 Å². The highest BCUT2D eigenvalue weighted by Crippen LogP contribution is 2.17. The van der Waals surface area contributed by atoms with Gasteiger partial charge in [-0.25, -0.2) is 10.2 Å². The summed E-state index contributed by atoms with van der Waals surface area (Å²) in [6, 6.07) is 4.33. The van der Waals surface area contributed by atoms with Crippen molar-refractivity contribution in [2.45, 2.75) is 0 Å². The average Bonchev–Trinajstić information content (AvgIpc) is 2.57. The molecule has 0 saturated heterocycles. The molecule has 0 spiro atoms. The first kappa shape index (κ1) is 9.23. The standard InChI is InChI=1S/C8H7ClFN3O/c9-6-2-1-5(3-7(6)10)8-12-14-4-13(8)11/h1-3H,4,11H2. The molecule has 1 aliphatic rings. The first-order valence-electron chi connectivity index (χ1n) is 3.86. The summed E-state index contributed by atoms with van der Waals surface area (Å²) in [5, 5.41) is 5.01. The van der Waals surface area contributed by atoms with Gasteiger partial charge in [0.15, 0.2) is 5.84 Å². The number of oxime groups is 1. The molecule has 0 saturated carbocycles. The summed E-state index contributed by atoms with van der Waals surface area (Å²) in [7, 11) is 0. The Morgan fingerprint density at radius 2 is 2.36 bits per heavy atom. The summed E-state index contributed by atoms with van der Waals surface area (Å²) in [6.45, 7) is 0.166. The molecule has 0 amide bonds. The van der Waals surface area contributed by atoms with Crippen molar-refractivity contribution in [3.05, 3.63) is 34.6 Å². The minimum atomic E-state index is -0.507. The van der Waals surface area contributed by atoms with Gasteiger partial charge in [-0.05, 0) is 18.2 Å². The predicted molar refractivity (Wildman–Crippen MR) is 49.9 cm³/mol. The molecule has 74 valence electrons. The molecule has 6 heteroatoms. The van der Waals surface area contributed by atoms with Gasteiger partial charge in [0.05, 0.1) is 5.02 Å². The number of hydrogen-bond acceptors (Lipinski definition) is 4. The summed E-state index contributed by atoms with van der Waals surface area (Å²) in [5.74, 6) is 5.40. The highest BCUT2D eigenvalue weighted by molar-refractivity contribution is 6.30. The lowest BCUT2D eigenvalue weighted by Crippen LogP contribution is -2.34. The molecule has 1 aromatic rings. The number of hydrazine groups is 1. The maximum absolute atomic E-state index is 13.1. The summed E-state index contributed by atoms with van der Waals surface area (Å²) in [4.78, 5) is 4.73. The summed E-state index contributed by atoms with van der Waals surface area (Å²) in [5.41, 5.74) is 0.534. The molecule has 0 bridgehead atoms. The molecule has 0 atom stereocenters. The van der Waals surface area contributed by atoms with Gasteiger partial charge < -0.3 is 4.84 Å². The molecule has 1 aromatic carbocycles. The second-order valence-corrected chi connectivity index (χ2v) is 3.18. The van der Waals surface area contributed by atoms with Crippen molar-refractivity contribution in [2.24, 2.45) is 11.0 Å². The Morgan fingerprint density at radius 3 is 2.93 bits per heavy atom. The van der Waals surface area contributed by atoms with Crippen LogP contribution in [0, 0.1) is 5.82 Å². The minimum absolute atomic E-state index is 0.0665. The zero-order chi connectivity index (χ0) is 10.1. The molecule has 0 aliphatic carbocycles. The lowest BCUT2D eigenvalue weighted by Gasteiger charge is -2.09. The van der Waals surface area contributed by atoms with Crippen LogP contribution in [0.3, 0.4) is 0 Å². The molecule has 0 unspecified atom stereocenters. The Labute approximate surface area is 84.7 Å². The van der Waals surface area contributed by atoms with E-state index in [0.29, 0.717) is 11.4 Å². The third kappa shape index (κ3) is 1.51. The van der Waals surface area contributed by atoms with E-state index in [1.165, 1.54) is 17.1 Å². The highest BCUT2D eigenvalue weighted by atomic mass is 35.5. The Balaban J connectivity index is 2.37. The van der Waals surface area contributed by atoms with Crippen molar-refractivity contribution in [1.29, 1.82) is 0 Å². The lowest BCUT2D eigenvalue weighted by molar-refractivity contribution is 0.110. The van der Waals surface area contributed by atoms with Crippen LogP contribution < -0.4 is 5.84 Å². The molecular formula is C8H7ClFN3O. The van der Waals surface area contributed by atoms with Gasteiger partial charge in [0.1, 0.15) is 5.82 Å². The summed E-state index contributed by atoms with van der Waals surface area (Å²) >= 11 is 5.53. The smallest absolute Gasteiger partial charge is 0.204 e. The van der Waals surface area contributed by atoms with Crippen LogP contribution in [0.1, 0.15) is 5.56 Å². The number of nitrogens with zero attached hydrogens (tertiary/aromatic N) is 2. The van der Waals surface area contributed by atoms with E-state index in [0.717, 1.165) is 0 Å². The number of rotatable bonds is 1. The van der Waals surface area contributed by atoms with Crippen molar-refractivity contribution >= 4 is 17.4 Å². The topological polar surface area (TPSA) is 50.8 Å². The van der Waals surface area contributed by atoms with E-state index < -0.39 is 5.82 Å². The van der Waals surface area contributed by atoms with Gasteiger partial charge >= 0.3 is 0 Å². The van der Waals surface area contributed by atoms with Gasteiger partial charge in [-0.3, -0.25) is 5.01 Å². The maximum atomic E-state index is 13.1. The fourth-order valence-electron chi connectivity index (χ4n) is 1.12. The molecule has 0 aromatic heterocycles. The van der Waals surface area contributed by atoms with Crippen molar-refractivity contribution in [3.8, 4) is 0 Å². The van der Waals surface area contributed by atoms with E-state index in [4.69, 9.17) is 22.3 Å². The van der Waals surface area contributed by atoms with Crippen molar-refractivity contribution in [3.63, 3.8) is 0 Å². The molecular weight excluding hydrogens is 209 g/mol. The molecule has 0 fully saturated rings. The zero-order valence-electron chi connectivity index (χ0n) is 7.08. The van der Waals surface area contributed by atoms with Crippen LogP contribution in [-0.4, -0.2) is 17.6 Å². The molecule has 0 radical (unpaired) electrons. The van der Waals surface area contributed by atoms with Crippen LogP contribution in [0.5, 0.6) is 0 Å². The van der Waals surface area contributed by atoms with E-state index >= 15 is 0 Å². The van der Waals surface area contributed by atoms with Gasteiger partial charge in [-0.2, -0.15) is 0 Å². The minimum Gasteiger partial charge on any atom is -0.370 e. The van der Waals surface area contributed by atoms with Gasteiger partial charge in [-0.1, -0.05) is 16.8 Å². The van der Waals surface area contributed by atoms with Crippen molar-refractivity contribution in [2.75, 3.05) is 6.73 Å². The second kappa shape index (κ2) is 3.43. The maximum Gasteiger partial charge on any atom is 0.204 e. The first-order valence-corrected chi connectivity index (χ1v) is 4.24. The fourth-order valence-corrected chi connectivity index (χ4v) is 1.24. The average molecular weight is 216 g/mol.